The normalized spacial score (nSPS) is 17.2. The number of aromatic nitrogens is 3. The highest BCUT2D eigenvalue weighted by molar-refractivity contribution is 6.33. The Morgan fingerprint density at radius 1 is 1.09 bits per heavy atom. The highest BCUT2D eigenvalue weighted by Crippen LogP contribution is 2.37. The molecule has 34 heavy (non-hydrogen) atoms. The highest BCUT2D eigenvalue weighted by atomic mass is 35.5. The Labute approximate surface area is 206 Å². The number of nitrogens with zero attached hydrogens (tertiary/aromatic N) is 3. The number of pyridine rings is 2. The molecular formula is C28H32ClN5. The Balaban J connectivity index is 1.44. The number of nitrogens with one attached hydrogen (secondary N) is 2. The third-order valence-electron chi connectivity index (χ3n) is 6.82. The topological polar surface area (TPSA) is 56.8 Å². The molecule has 1 atom stereocenters. The molecule has 1 unspecified atom stereocenters. The number of halogens is 1. The second-order valence-corrected chi connectivity index (χ2v) is 10.6. The Hall–Kier alpha value is -2.89. The number of anilines is 1. The molecule has 0 radical (unpaired) electrons. The van der Waals surface area contributed by atoms with E-state index in [-0.39, 0.29) is 5.54 Å². The standard InChI is InChI=1S/C28H32ClN5/c1-28(2,3)34-13-7-10-20(18-34)25-14-23-21(11-12-30-27(23)33-25)22-15-26(32-17-24(22)29)31-16-19-8-5-4-6-9-19/h4-6,8-9,11-12,14-15,17,20H,7,10,13,16,18H2,1-3H3,(H,30,33)(H,31,32). The summed E-state index contributed by atoms with van der Waals surface area (Å²) in [6.07, 6.45) is 5.99. The van der Waals surface area contributed by atoms with Crippen molar-refractivity contribution >= 4 is 28.5 Å². The van der Waals surface area contributed by atoms with E-state index in [4.69, 9.17) is 11.6 Å². The van der Waals surface area contributed by atoms with E-state index in [1.165, 1.54) is 24.1 Å². The molecule has 3 aromatic heterocycles. The minimum absolute atomic E-state index is 0.182. The van der Waals surface area contributed by atoms with E-state index in [1.54, 1.807) is 6.20 Å². The molecule has 0 bridgehead atoms. The zero-order valence-electron chi connectivity index (χ0n) is 20.1. The van der Waals surface area contributed by atoms with Crippen LogP contribution in [0.5, 0.6) is 0 Å². The van der Waals surface area contributed by atoms with Crippen LogP contribution in [0, 0.1) is 0 Å². The lowest BCUT2D eigenvalue weighted by atomic mass is 9.91. The van der Waals surface area contributed by atoms with E-state index in [9.17, 15) is 0 Å². The number of piperidine rings is 1. The highest BCUT2D eigenvalue weighted by Gasteiger charge is 2.29. The van der Waals surface area contributed by atoms with E-state index in [0.717, 1.165) is 41.1 Å². The van der Waals surface area contributed by atoms with Crippen molar-refractivity contribution in [1.29, 1.82) is 0 Å². The number of aromatic amines is 1. The van der Waals surface area contributed by atoms with Crippen LogP contribution in [0.25, 0.3) is 22.2 Å². The first-order valence-electron chi connectivity index (χ1n) is 12.0. The Bertz CT molecular complexity index is 1280. The monoisotopic (exact) mass is 473 g/mol. The number of H-pyrrole nitrogens is 1. The minimum Gasteiger partial charge on any atom is -0.366 e. The molecule has 2 N–H and O–H groups in total. The largest absolute Gasteiger partial charge is 0.366 e. The SMILES string of the molecule is CC(C)(C)N1CCCC(c2cc3c(-c4cc(NCc5ccccc5)ncc4Cl)ccnc3[nH]2)C1. The second-order valence-electron chi connectivity index (χ2n) is 10.2. The summed E-state index contributed by atoms with van der Waals surface area (Å²) in [5.74, 6) is 1.28. The molecule has 0 aliphatic carbocycles. The average Bonchev–Trinajstić information content (AvgIpc) is 3.29. The number of hydrogen-bond acceptors (Lipinski definition) is 4. The van der Waals surface area contributed by atoms with Gasteiger partial charge in [0.2, 0.25) is 0 Å². The van der Waals surface area contributed by atoms with Crippen LogP contribution in [0.15, 0.2) is 60.9 Å². The Morgan fingerprint density at radius 2 is 1.91 bits per heavy atom. The Kier molecular flexibility index (Phi) is 6.32. The summed E-state index contributed by atoms with van der Waals surface area (Å²) < 4.78 is 0. The first-order valence-corrected chi connectivity index (χ1v) is 12.4. The van der Waals surface area contributed by atoms with Gasteiger partial charge in [-0.3, -0.25) is 4.90 Å². The predicted molar refractivity (Wildman–Crippen MR) is 141 cm³/mol. The average molecular weight is 474 g/mol. The third-order valence-corrected chi connectivity index (χ3v) is 7.13. The van der Waals surface area contributed by atoms with Crippen LogP contribution in [-0.2, 0) is 6.54 Å². The van der Waals surface area contributed by atoms with E-state index >= 15 is 0 Å². The van der Waals surface area contributed by atoms with Gasteiger partial charge in [-0.1, -0.05) is 41.9 Å². The minimum atomic E-state index is 0.182. The molecule has 1 aromatic carbocycles. The molecular weight excluding hydrogens is 442 g/mol. The quantitative estimate of drug-likeness (QED) is 0.332. The molecule has 6 heteroatoms. The van der Waals surface area contributed by atoms with Gasteiger partial charge in [0.25, 0.3) is 0 Å². The fourth-order valence-corrected chi connectivity index (χ4v) is 5.08. The summed E-state index contributed by atoms with van der Waals surface area (Å²) in [6.45, 7) is 9.84. The van der Waals surface area contributed by atoms with Gasteiger partial charge in [0.05, 0.1) is 5.02 Å². The van der Waals surface area contributed by atoms with Gasteiger partial charge < -0.3 is 10.3 Å². The van der Waals surface area contributed by atoms with Crippen LogP contribution in [-0.4, -0.2) is 38.5 Å². The molecule has 1 aliphatic rings. The van der Waals surface area contributed by atoms with Gasteiger partial charge in [0, 0.05) is 53.6 Å². The number of rotatable bonds is 5. The van der Waals surface area contributed by atoms with Crippen molar-refractivity contribution in [3.05, 3.63) is 77.2 Å². The summed E-state index contributed by atoms with van der Waals surface area (Å²) in [4.78, 5) is 15.3. The lowest BCUT2D eigenvalue weighted by Crippen LogP contribution is -2.46. The Morgan fingerprint density at radius 3 is 2.71 bits per heavy atom. The van der Waals surface area contributed by atoms with Crippen molar-refractivity contribution < 1.29 is 0 Å². The van der Waals surface area contributed by atoms with Crippen molar-refractivity contribution in [3.63, 3.8) is 0 Å². The fourth-order valence-electron chi connectivity index (χ4n) is 4.87. The lowest BCUT2D eigenvalue weighted by Gasteiger charge is -2.41. The first-order chi connectivity index (χ1) is 16.4. The first kappa shape index (κ1) is 22.9. The van der Waals surface area contributed by atoms with Gasteiger partial charge in [-0.2, -0.15) is 0 Å². The van der Waals surface area contributed by atoms with Crippen LogP contribution >= 0.6 is 11.6 Å². The maximum Gasteiger partial charge on any atom is 0.138 e. The van der Waals surface area contributed by atoms with E-state index in [2.05, 4.69) is 64.1 Å². The molecule has 0 spiro atoms. The summed E-state index contributed by atoms with van der Waals surface area (Å²) in [6, 6.07) is 16.7. The summed E-state index contributed by atoms with van der Waals surface area (Å²) in [5.41, 5.74) is 5.60. The molecule has 176 valence electrons. The molecule has 4 aromatic rings. The van der Waals surface area contributed by atoms with Gasteiger partial charge in [0.1, 0.15) is 11.5 Å². The van der Waals surface area contributed by atoms with Crippen LogP contribution < -0.4 is 5.32 Å². The van der Waals surface area contributed by atoms with Crippen LogP contribution in [0.1, 0.15) is 50.8 Å². The van der Waals surface area contributed by atoms with Crippen LogP contribution in [0.3, 0.4) is 0 Å². The molecule has 1 aliphatic heterocycles. The molecule has 1 saturated heterocycles. The molecule has 1 fully saturated rings. The second kappa shape index (κ2) is 9.40. The number of fused-ring (bicyclic) bond motifs is 1. The lowest BCUT2D eigenvalue weighted by molar-refractivity contribution is 0.0979. The fraction of sp³-hybridized carbons (Fsp3) is 0.357. The van der Waals surface area contributed by atoms with Crippen molar-refractivity contribution in [2.24, 2.45) is 0 Å². The predicted octanol–water partition coefficient (Wildman–Crippen LogP) is 6.87. The van der Waals surface area contributed by atoms with Crippen molar-refractivity contribution in [2.45, 2.75) is 51.6 Å². The third kappa shape index (κ3) is 4.82. The van der Waals surface area contributed by atoms with Crippen LogP contribution in [0.2, 0.25) is 5.02 Å². The van der Waals surface area contributed by atoms with Gasteiger partial charge in [0.15, 0.2) is 0 Å². The summed E-state index contributed by atoms with van der Waals surface area (Å²) in [5, 5.41) is 5.16. The van der Waals surface area contributed by atoms with E-state index in [1.807, 2.05) is 36.5 Å². The maximum atomic E-state index is 6.65. The molecule has 5 nitrogen and oxygen atoms in total. The van der Waals surface area contributed by atoms with Gasteiger partial charge in [-0.15, -0.1) is 0 Å². The van der Waals surface area contributed by atoms with Gasteiger partial charge in [-0.25, -0.2) is 9.97 Å². The number of benzene rings is 1. The number of likely N-dealkylation sites (tertiary alicyclic amines) is 1. The molecule has 5 rings (SSSR count). The van der Waals surface area contributed by atoms with Gasteiger partial charge >= 0.3 is 0 Å². The van der Waals surface area contributed by atoms with Crippen molar-refractivity contribution in [2.75, 3.05) is 18.4 Å². The summed E-state index contributed by atoms with van der Waals surface area (Å²) >= 11 is 6.65. The zero-order chi connectivity index (χ0) is 23.7. The van der Waals surface area contributed by atoms with E-state index in [0.29, 0.717) is 17.5 Å². The number of hydrogen-bond donors (Lipinski definition) is 2. The van der Waals surface area contributed by atoms with Crippen molar-refractivity contribution in [1.82, 2.24) is 19.9 Å². The van der Waals surface area contributed by atoms with Gasteiger partial charge in [-0.05, 0) is 69.5 Å². The molecule has 4 heterocycles. The van der Waals surface area contributed by atoms with E-state index < -0.39 is 0 Å². The molecule has 0 saturated carbocycles. The van der Waals surface area contributed by atoms with Crippen molar-refractivity contribution in [3.8, 4) is 11.1 Å². The van der Waals surface area contributed by atoms with Crippen LogP contribution in [0.4, 0.5) is 5.82 Å². The smallest absolute Gasteiger partial charge is 0.138 e. The maximum absolute atomic E-state index is 6.65. The summed E-state index contributed by atoms with van der Waals surface area (Å²) in [7, 11) is 0. The molecule has 0 amide bonds. The zero-order valence-corrected chi connectivity index (χ0v) is 20.9.